The molecule has 3 rings (SSSR count). The van der Waals surface area contributed by atoms with Crippen LogP contribution in [0.3, 0.4) is 0 Å². The minimum atomic E-state index is 0.113. The van der Waals surface area contributed by atoms with Gasteiger partial charge in [-0.3, -0.25) is 4.79 Å². The predicted octanol–water partition coefficient (Wildman–Crippen LogP) is 6.31. The van der Waals surface area contributed by atoms with E-state index in [0.29, 0.717) is 6.42 Å². The molecule has 0 unspecified atom stereocenters. The lowest BCUT2D eigenvalue weighted by Crippen LogP contribution is -2.34. The van der Waals surface area contributed by atoms with Crippen molar-refractivity contribution in [1.82, 2.24) is 0 Å². The lowest BCUT2D eigenvalue weighted by molar-refractivity contribution is -0.116. The Balaban J connectivity index is 1.71. The molecule has 2 aromatic carbocycles. The summed E-state index contributed by atoms with van der Waals surface area (Å²) in [6, 6.07) is 14.9. The summed E-state index contributed by atoms with van der Waals surface area (Å²) >= 11 is 0. The molecule has 2 aromatic rings. The van der Waals surface area contributed by atoms with Gasteiger partial charge in [-0.05, 0) is 71.8 Å². The maximum atomic E-state index is 12.5. The van der Waals surface area contributed by atoms with E-state index in [1.807, 2.05) is 6.07 Å². The molecular weight excluding hydrogens is 330 g/mol. The molecule has 0 saturated heterocycles. The van der Waals surface area contributed by atoms with Gasteiger partial charge in [-0.15, -0.1) is 0 Å². The average molecular weight is 364 g/mol. The Labute approximate surface area is 164 Å². The zero-order valence-corrected chi connectivity index (χ0v) is 17.5. The molecule has 0 aliphatic heterocycles. The minimum Gasteiger partial charge on any atom is -0.326 e. The Morgan fingerprint density at radius 2 is 1.56 bits per heavy atom. The molecule has 1 amide bonds. The first-order valence-electron chi connectivity index (χ1n) is 10.2. The van der Waals surface area contributed by atoms with Crippen molar-refractivity contribution in [3.63, 3.8) is 0 Å². The molecule has 1 aliphatic rings. The van der Waals surface area contributed by atoms with Crippen LogP contribution in [0.1, 0.15) is 75.6 Å². The smallest absolute Gasteiger partial charge is 0.224 e. The van der Waals surface area contributed by atoms with Gasteiger partial charge in [0.25, 0.3) is 0 Å². The number of aryl methyl sites for hydroxylation is 2. The van der Waals surface area contributed by atoms with Crippen molar-refractivity contribution in [3.05, 3.63) is 64.7 Å². The van der Waals surface area contributed by atoms with Crippen molar-refractivity contribution < 1.29 is 4.79 Å². The monoisotopic (exact) mass is 363 g/mol. The summed E-state index contributed by atoms with van der Waals surface area (Å²) in [5.74, 6) is 0.113. The molecule has 144 valence electrons. The Kier molecular flexibility index (Phi) is 5.46. The van der Waals surface area contributed by atoms with E-state index in [0.717, 1.165) is 24.1 Å². The van der Waals surface area contributed by atoms with Gasteiger partial charge in [0.2, 0.25) is 5.91 Å². The summed E-state index contributed by atoms with van der Waals surface area (Å²) in [5, 5.41) is 3.17. The van der Waals surface area contributed by atoms with Gasteiger partial charge in [-0.2, -0.15) is 0 Å². The Hall–Kier alpha value is -2.09. The molecular formula is C25H33NO. The Morgan fingerprint density at radius 1 is 0.963 bits per heavy atom. The van der Waals surface area contributed by atoms with Crippen LogP contribution in [0.2, 0.25) is 0 Å². The number of anilines is 1. The average Bonchev–Trinajstić information content (AvgIpc) is 2.61. The van der Waals surface area contributed by atoms with Gasteiger partial charge in [0.15, 0.2) is 0 Å². The van der Waals surface area contributed by atoms with Gasteiger partial charge >= 0.3 is 0 Å². The molecule has 1 aliphatic carbocycles. The predicted molar refractivity (Wildman–Crippen MR) is 114 cm³/mol. The number of amides is 1. The summed E-state index contributed by atoms with van der Waals surface area (Å²) in [6.07, 6.45) is 4.76. The third-order valence-corrected chi connectivity index (χ3v) is 6.18. The van der Waals surface area contributed by atoms with Gasteiger partial charge < -0.3 is 5.32 Å². The minimum absolute atomic E-state index is 0.113. The molecule has 2 heteroatoms. The summed E-state index contributed by atoms with van der Waals surface area (Å²) in [4.78, 5) is 12.5. The maximum Gasteiger partial charge on any atom is 0.224 e. The van der Waals surface area contributed by atoms with Crippen LogP contribution < -0.4 is 5.32 Å². The highest BCUT2D eigenvalue weighted by molar-refractivity contribution is 5.91. The number of carbonyl (C=O) groups excluding carboxylic acids is 1. The van der Waals surface area contributed by atoms with E-state index in [9.17, 15) is 4.79 Å². The summed E-state index contributed by atoms with van der Waals surface area (Å²) in [7, 11) is 0. The number of hydrogen-bond acceptors (Lipinski definition) is 1. The SMILES string of the molecule is Cc1cc2c(cc1NC(=O)CCCc1ccccc1)C(C)(C)CCC2(C)C. The van der Waals surface area contributed by atoms with E-state index < -0.39 is 0 Å². The van der Waals surface area contributed by atoms with E-state index in [1.165, 1.54) is 29.5 Å². The zero-order valence-electron chi connectivity index (χ0n) is 17.5. The van der Waals surface area contributed by atoms with E-state index >= 15 is 0 Å². The zero-order chi connectivity index (χ0) is 19.7. The van der Waals surface area contributed by atoms with Crippen LogP contribution >= 0.6 is 0 Å². The number of rotatable bonds is 5. The third-order valence-electron chi connectivity index (χ3n) is 6.18. The van der Waals surface area contributed by atoms with Crippen LogP contribution in [-0.4, -0.2) is 5.91 Å². The number of nitrogens with one attached hydrogen (secondary N) is 1. The van der Waals surface area contributed by atoms with Crippen molar-refractivity contribution in [3.8, 4) is 0 Å². The molecule has 0 saturated carbocycles. The fourth-order valence-electron chi connectivity index (χ4n) is 4.17. The van der Waals surface area contributed by atoms with Crippen molar-refractivity contribution in [2.75, 3.05) is 5.32 Å². The molecule has 0 fully saturated rings. The van der Waals surface area contributed by atoms with Gasteiger partial charge in [0.1, 0.15) is 0 Å². The molecule has 27 heavy (non-hydrogen) atoms. The summed E-state index contributed by atoms with van der Waals surface area (Å²) in [6.45, 7) is 11.4. The van der Waals surface area contributed by atoms with E-state index in [2.05, 4.69) is 76.3 Å². The highest BCUT2D eigenvalue weighted by atomic mass is 16.1. The van der Waals surface area contributed by atoms with Crippen LogP contribution in [0.15, 0.2) is 42.5 Å². The molecule has 0 aromatic heterocycles. The van der Waals surface area contributed by atoms with Crippen LogP contribution in [0.5, 0.6) is 0 Å². The van der Waals surface area contributed by atoms with Gasteiger partial charge in [0, 0.05) is 12.1 Å². The lowest BCUT2D eigenvalue weighted by atomic mass is 9.63. The van der Waals surface area contributed by atoms with Gasteiger partial charge in [-0.1, -0.05) is 64.1 Å². The molecule has 0 radical (unpaired) electrons. The number of carbonyl (C=O) groups is 1. The third kappa shape index (κ3) is 4.43. The molecule has 0 bridgehead atoms. The summed E-state index contributed by atoms with van der Waals surface area (Å²) < 4.78 is 0. The highest BCUT2D eigenvalue weighted by Crippen LogP contribution is 2.47. The van der Waals surface area contributed by atoms with Crippen molar-refractivity contribution in [2.45, 2.75) is 77.6 Å². The fraction of sp³-hybridized carbons (Fsp3) is 0.480. The van der Waals surface area contributed by atoms with E-state index in [4.69, 9.17) is 0 Å². The second-order valence-electron chi connectivity index (χ2n) is 9.37. The van der Waals surface area contributed by atoms with Crippen molar-refractivity contribution >= 4 is 11.6 Å². The summed E-state index contributed by atoms with van der Waals surface area (Å²) in [5.41, 5.74) is 6.63. The molecule has 1 N–H and O–H groups in total. The largest absolute Gasteiger partial charge is 0.326 e. The molecule has 0 heterocycles. The fourth-order valence-corrected chi connectivity index (χ4v) is 4.17. The normalized spacial score (nSPS) is 17.2. The Bertz CT molecular complexity index is 818. The molecule has 0 spiro atoms. The second-order valence-corrected chi connectivity index (χ2v) is 9.37. The van der Waals surface area contributed by atoms with Crippen LogP contribution in [0.25, 0.3) is 0 Å². The molecule has 0 atom stereocenters. The van der Waals surface area contributed by atoms with E-state index in [1.54, 1.807) is 0 Å². The van der Waals surface area contributed by atoms with E-state index in [-0.39, 0.29) is 16.7 Å². The van der Waals surface area contributed by atoms with Crippen molar-refractivity contribution in [2.24, 2.45) is 0 Å². The first-order valence-corrected chi connectivity index (χ1v) is 10.2. The van der Waals surface area contributed by atoms with Crippen molar-refractivity contribution in [1.29, 1.82) is 0 Å². The topological polar surface area (TPSA) is 29.1 Å². The highest BCUT2D eigenvalue weighted by Gasteiger charge is 2.37. The van der Waals surface area contributed by atoms with Crippen LogP contribution in [-0.2, 0) is 22.0 Å². The van der Waals surface area contributed by atoms with Crippen LogP contribution in [0, 0.1) is 6.92 Å². The number of hydrogen-bond donors (Lipinski definition) is 1. The van der Waals surface area contributed by atoms with Gasteiger partial charge in [-0.25, -0.2) is 0 Å². The number of fused-ring (bicyclic) bond motifs is 1. The Morgan fingerprint density at radius 3 is 2.19 bits per heavy atom. The van der Waals surface area contributed by atoms with Gasteiger partial charge in [0.05, 0.1) is 0 Å². The maximum absolute atomic E-state index is 12.5. The second kappa shape index (κ2) is 7.50. The first-order chi connectivity index (χ1) is 12.7. The molecule has 2 nitrogen and oxygen atoms in total. The number of benzene rings is 2. The quantitative estimate of drug-likeness (QED) is 0.663. The standard InChI is InChI=1S/C25H33NO/c1-18-16-20-21(25(4,5)15-14-24(20,2)3)17-22(18)26-23(27)13-9-12-19-10-7-6-8-11-19/h6-8,10-11,16-17H,9,12-15H2,1-5H3,(H,26,27). The first kappa shape index (κ1) is 19.7. The lowest BCUT2D eigenvalue weighted by Gasteiger charge is -2.42. The van der Waals surface area contributed by atoms with Crippen LogP contribution in [0.4, 0.5) is 5.69 Å².